The normalized spacial score (nSPS) is 15.8. The predicted octanol–water partition coefficient (Wildman–Crippen LogP) is 2.01. The molecule has 0 saturated heterocycles. The summed E-state index contributed by atoms with van der Waals surface area (Å²) in [4.78, 5) is 6.82. The molecule has 0 aliphatic heterocycles. The van der Waals surface area contributed by atoms with Gasteiger partial charge in [0.05, 0.1) is 0 Å². The lowest BCUT2D eigenvalue weighted by Gasteiger charge is -2.25. The smallest absolute Gasteiger partial charge is 0.205 e. The van der Waals surface area contributed by atoms with E-state index in [2.05, 4.69) is 28.1 Å². The zero-order valence-electron chi connectivity index (χ0n) is 9.89. The Bertz CT molecular complexity index is 336. The van der Waals surface area contributed by atoms with Crippen molar-refractivity contribution in [1.29, 1.82) is 0 Å². The zero-order valence-corrected chi connectivity index (χ0v) is 10.7. The standard InChI is InChI=1S/C11H19N3OS/c1-8(2)14(6-3-7-15)11-12-10(13-16-11)9-4-5-9/h8-9,15H,3-7H2,1-2H3. The first-order valence-corrected chi connectivity index (χ1v) is 6.71. The van der Waals surface area contributed by atoms with Crippen LogP contribution >= 0.6 is 11.5 Å². The lowest BCUT2D eigenvalue weighted by Crippen LogP contribution is -2.32. The van der Waals surface area contributed by atoms with E-state index in [0.717, 1.165) is 23.9 Å². The summed E-state index contributed by atoms with van der Waals surface area (Å²) in [6.07, 6.45) is 3.28. The molecule has 0 aromatic carbocycles. The largest absolute Gasteiger partial charge is 0.396 e. The minimum Gasteiger partial charge on any atom is -0.396 e. The highest BCUT2D eigenvalue weighted by Gasteiger charge is 2.28. The van der Waals surface area contributed by atoms with Crippen LogP contribution in [-0.4, -0.2) is 33.7 Å². The van der Waals surface area contributed by atoms with Crippen molar-refractivity contribution in [2.75, 3.05) is 18.1 Å². The van der Waals surface area contributed by atoms with Gasteiger partial charge in [-0.25, -0.2) is 4.98 Å². The third kappa shape index (κ3) is 2.71. The van der Waals surface area contributed by atoms with Crippen molar-refractivity contribution in [2.24, 2.45) is 0 Å². The molecule has 16 heavy (non-hydrogen) atoms. The van der Waals surface area contributed by atoms with Crippen molar-refractivity contribution < 1.29 is 5.11 Å². The second-order valence-electron chi connectivity index (χ2n) is 4.57. The highest BCUT2D eigenvalue weighted by atomic mass is 32.1. The van der Waals surface area contributed by atoms with Crippen molar-refractivity contribution in [2.45, 2.75) is 45.1 Å². The van der Waals surface area contributed by atoms with Gasteiger partial charge in [0.25, 0.3) is 0 Å². The minimum absolute atomic E-state index is 0.234. The van der Waals surface area contributed by atoms with Crippen LogP contribution in [0, 0.1) is 0 Å². The van der Waals surface area contributed by atoms with Gasteiger partial charge in [-0.3, -0.25) is 0 Å². The number of rotatable bonds is 6. The molecule has 0 radical (unpaired) electrons. The Morgan fingerprint density at radius 1 is 1.50 bits per heavy atom. The molecule has 4 nitrogen and oxygen atoms in total. The van der Waals surface area contributed by atoms with Crippen LogP contribution in [0.4, 0.5) is 5.13 Å². The second-order valence-corrected chi connectivity index (χ2v) is 5.30. The molecule has 0 amide bonds. The molecule has 0 unspecified atom stereocenters. The number of anilines is 1. The van der Waals surface area contributed by atoms with Crippen LogP contribution in [0.5, 0.6) is 0 Å². The Labute approximate surface area is 100 Å². The molecular weight excluding hydrogens is 222 g/mol. The van der Waals surface area contributed by atoms with E-state index >= 15 is 0 Å². The maximum atomic E-state index is 8.89. The van der Waals surface area contributed by atoms with Gasteiger partial charge >= 0.3 is 0 Å². The van der Waals surface area contributed by atoms with Crippen molar-refractivity contribution in [1.82, 2.24) is 9.36 Å². The number of aromatic nitrogens is 2. The minimum atomic E-state index is 0.234. The van der Waals surface area contributed by atoms with Gasteiger partial charge in [0.15, 0.2) is 0 Å². The maximum Gasteiger partial charge on any atom is 0.205 e. The van der Waals surface area contributed by atoms with Gasteiger partial charge in [-0.05, 0) is 33.1 Å². The molecule has 0 bridgehead atoms. The van der Waals surface area contributed by atoms with Crippen LogP contribution in [0.1, 0.15) is 44.9 Å². The Morgan fingerprint density at radius 2 is 2.25 bits per heavy atom. The van der Waals surface area contributed by atoms with Crippen LogP contribution < -0.4 is 4.90 Å². The highest BCUT2D eigenvalue weighted by Crippen LogP contribution is 2.39. The first-order valence-electron chi connectivity index (χ1n) is 5.93. The lowest BCUT2D eigenvalue weighted by molar-refractivity contribution is 0.288. The molecule has 1 N–H and O–H groups in total. The molecule has 1 aromatic heterocycles. The van der Waals surface area contributed by atoms with Crippen molar-refractivity contribution in [3.63, 3.8) is 0 Å². The van der Waals surface area contributed by atoms with Crippen LogP contribution in [0.3, 0.4) is 0 Å². The van der Waals surface area contributed by atoms with E-state index in [1.807, 2.05) is 0 Å². The van der Waals surface area contributed by atoms with Crippen LogP contribution in [-0.2, 0) is 0 Å². The summed E-state index contributed by atoms with van der Waals surface area (Å²) in [5, 5.41) is 9.89. The van der Waals surface area contributed by atoms with Gasteiger partial charge in [-0.2, -0.15) is 4.37 Å². The molecular formula is C11H19N3OS. The number of hydrogen-bond acceptors (Lipinski definition) is 5. The van der Waals surface area contributed by atoms with Crippen molar-refractivity contribution in [3.8, 4) is 0 Å². The van der Waals surface area contributed by atoms with Crippen LogP contribution in [0.2, 0.25) is 0 Å². The Balaban J connectivity index is 2.04. The molecule has 5 heteroatoms. The molecule has 1 saturated carbocycles. The van der Waals surface area contributed by atoms with E-state index in [0.29, 0.717) is 12.0 Å². The van der Waals surface area contributed by atoms with E-state index in [1.54, 1.807) is 0 Å². The summed E-state index contributed by atoms with van der Waals surface area (Å²) in [6.45, 7) is 5.39. The quantitative estimate of drug-likeness (QED) is 0.827. The summed E-state index contributed by atoms with van der Waals surface area (Å²) in [5.41, 5.74) is 0. The maximum absolute atomic E-state index is 8.89. The van der Waals surface area contributed by atoms with Crippen molar-refractivity contribution in [3.05, 3.63) is 5.82 Å². The Hall–Kier alpha value is -0.680. The third-order valence-corrected chi connectivity index (χ3v) is 3.57. The summed E-state index contributed by atoms with van der Waals surface area (Å²) >= 11 is 1.49. The number of nitrogens with zero attached hydrogens (tertiary/aromatic N) is 3. The molecule has 1 aliphatic carbocycles. The summed E-state index contributed by atoms with van der Waals surface area (Å²) < 4.78 is 4.42. The monoisotopic (exact) mass is 241 g/mol. The summed E-state index contributed by atoms with van der Waals surface area (Å²) in [6, 6.07) is 0.409. The lowest BCUT2D eigenvalue weighted by atomic mass is 10.3. The SMILES string of the molecule is CC(C)N(CCCO)c1nc(C2CC2)ns1. The average Bonchev–Trinajstić information content (AvgIpc) is 2.99. The highest BCUT2D eigenvalue weighted by molar-refractivity contribution is 7.09. The summed E-state index contributed by atoms with van der Waals surface area (Å²) in [7, 11) is 0. The van der Waals surface area contributed by atoms with Crippen LogP contribution in [0.25, 0.3) is 0 Å². The molecule has 2 rings (SSSR count). The van der Waals surface area contributed by atoms with Gasteiger partial charge in [0.1, 0.15) is 5.82 Å². The fraction of sp³-hybridized carbons (Fsp3) is 0.818. The number of aliphatic hydroxyl groups is 1. The number of hydrogen-bond donors (Lipinski definition) is 1. The van der Waals surface area contributed by atoms with Crippen molar-refractivity contribution >= 4 is 16.7 Å². The first-order chi connectivity index (χ1) is 7.72. The second kappa shape index (κ2) is 5.10. The molecule has 1 heterocycles. The average molecular weight is 241 g/mol. The Kier molecular flexibility index (Phi) is 3.76. The van der Waals surface area contributed by atoms with Gasteiger partial charge in [-0.15, -0.1) is 0 Å². The molecule has 1 aliphatic rings. The van der Waals surface area contributed by atoms with E-state index in [1.165, 1.54) is 24.4 Å². The predicted molar refractivity (Wildman–Crippen MR) is 66.1 cm³/mol. The fourth-order valence-electron chi connectivity index (χ4n) is 1.67. The van der Waals surface area contributed by atoms with E-state index in [-0.39, 0.29) is 6.61 Å². The van der Waals surface area contributed by atoms with Gasteiger partial charge in [0, 0.05) is 36.6 Å². The van der Waals surface area contributed by atoms with Gasteiger partial charge in [0.2, 0.25) is 5.13 Å². The molecule has 0 spiro atoms. The van der Waals surface area contributed by atoms with Gasteiger partial charge in [-0.1, -0.05) is 0 Å². The van der Waals surface area contributed by atoms with Gasteiger partial charge < -0.3 is 10.0 Å². The molecule has 1 aromatic rings. The van der Waals surface area contributed by atoms with Crippen LogP contribution in [0.15, 0.2) is 0 Å². The molecule has 1 fully saturated rings. The molecule has 90 valence electrons. The number of aliphatic hydroxyl groups excluding tert-OH is 1. The molecule has 0 atom stereocenters. The summed E-state index contributed by atoms with van der Waals surface area (Å²) in [5.74, 6) is 1.64. The van der Waals surface area contributed by atoms with E-state index in [4.69, 9.17) is 5.11 Å². The third-order valence-electron chi connectivity index (χ3n) is 2.80. The first kappa shape index (κ1) is 11.8. The van der Waals surface area contributed by atoms with E-state index in [9.17, 15) is 0 Å². The topological polar surface area (TPSA) is 49.2 Å². The Morgan fingerprint density at radius 3 is 2.81 bits per heavy atom. The zero-order chi connectivity index (χ0) is 11.5. The fourth-order valence-corrected chi connectivity index (χ4v) is 2.57. The van der Waals surface area contributed by atoms with E-state index < -0.39 is 0 Å².